The van der Waals surface area contributed by atoms with Gasteiger partial charge < -0.3 is 19.0 Å². The Morgan fingerprint density at radius 2 is 1.89 bits per heavy atom. The van der Waals surface area contributed by atoms with E-state index < -0.39 is 32.0 Å². The number of nitrogens with zero attached hydrogens (tertiary/aromatic N) is 2. The summed E-state index contributed by atoms with van der Waals surface area (Å²) in [7, 11) is -0.609. The number of aliphatic hydroxyl groups is 1. The molecule has 8 nitrogen and oxygen atoms in total. The van der Waals surface area contributed by atoms with Crippen LogP contribution in [0.3, 0.4) is 0 Å². The summed E-state index contributed by atoms with van der Waals surface area (Å²) in [6.07, 6.45) is 0.771. The van der Waals surface area contributed by atoms with E-state index in [1.165, 1.54) is 7.11 Å². The summed E-state index contributed by atoms with van der Waals surface area (Å²) < 4.78 is 17.2. The lowest BCUT2D eigenvalue weighted by Gasteiger charge is -2.37. The van der Waals surface area contributed by atoms with Gasteiger partial charge in [0, 0.05) is 11.8 Å². The van der Waals surface area contributed by atoms with E-state index in [9.17, 15) is 14.7 Å². The van der Waals surface area contributed by atoms with Crippen molar-refractivity contribution >= 4 is 20.3 Å². The minimum absolute atomic E-state index is 0.0117. The van der Waals surface area contributed by atoms with Crippen LogP contribution in [-0.2, 0) is 26.2 Å². The molecule has 2 aromatic rings. The third-order valence-corrected chi connectivity index (χ3v) is 11.9. The first-order valence-electron chi connectivity index (χ1n) is 12.3. The van der Waals surface area contributed by atoms with E-state index >= 15 is 0 Å². The number of benzene rings is 1. The number of ether oxygens (including phenoxy) is 2. The topological polar surface area (TPSA) is 98.2 Å². The molecule has 1 aromatic heterocycles. The monoisotopic (exact) mass is 514 g/mol. The van der Waals surface area contributed by atoms with Crippen LogP contribution < -0.4 is 4.74 Å². The molecule has 3 rings (SSSR count). The molecule has 1 aliphatic heterocycles. The zero-order valence-corrected chi connectivity index (χ0v) is 23.3. The molecule has 196 valence electrons. The second-order valence-electron chi connectivity index (χ2n) is 10.7. The summed E-state index contributed by atoms with van der Waals surface area (Å²) in [6, 6.07) is 10.4. The van der Waals surface area contributed by atoms with E-state index in [1.807, 2.05) is 30.3 Å². The van der Waals surface area contributed by atoms with Crippen molar-refractivity contribution in [1.29, 1.82) is 0 Å². The second-order valence-corrected chi connectivity index (χ2v) is 15.5. The van der Waals surface area contributed by atoms with Crippen molar-refractivity contribution in [2.24, 2.45) is 0 Å². The van der Waals surface area contributed by atoms with Crippen LogP contribution in [-0.4, -0.2) is 49.0 Å². The van der Waals surface area contributed by atoms with Crippen molar-refractivity contribution in [2.75, 3.05) is 13.7 Å². The lowest BCUT2D eigenvalue weighted by Crippen LogP contribution is -2.41. The molecule has 1 fully saturated rings. The number of amides is 2. The number of imide groups is 1. The molecule has 0 aliphatic carbocycles. The minimum atomic E-state index is -2.13. The van der Waals surface area contributed by atoms with Crippen LogP contribution in [0, 0.1) is 0 Å². The predicted octanol–water partition coefficient (Wildman–Crippen LogP) is 5.32. The zero-order valence-electron chi connectivity index (χ0n) is 22.3. The van der Waals surface area contributed by atoms with Gasteiger partial charge in [-0.3, -0.25) is 4.79 Å². The van der Waals surface area contributed by atoms with Crippen LogP contribution in [0.4, 0.5) is 4.79 Å². The van der Waals surface area contributed by atoms with E-state index in [0.29, 0.717) is 17.0 Å². The first kappa shape index (κ1) is 27.8. The number of rotatable bonds is 9. The summed E-state index contributed by atoms with van der Waals surface area (Å²) in [6.45, 7) is 12.8. The summed E-state index contributed by atoms with van der Waals surface area (Å²) in [4.78, 5) is 31.5. The molecule has 36 heavy (non-hydrogen) atoms. The summed E-state index contributed by atoms with van der Waals surface area (Å²) in [5.41, 5.74) is 0.341. The van der Waals surface area contributed by atoms with Gasteiger partial charge in [-0.05, 0) is 41.7 Å². The maximum absolute atomic E-state index is 13.5. The molecule has 0 unspecified atom stereocenters. The molecule has 1 aliphatic rings. The Hall–Kier alpha value is -2.75. The normalized spacial score (nSPS) is 18.1. The third-order valence-electron chi connectivity index (χ3n) is 7.45. The number of cyclic esters (lactones) is 1. The van der Waals surface area contributed by atoms with Gasteiger partial charge in [-0.15, -0.1) is 0 Å². The summed E-state index contributed by atoms with van der Waals surface area (Å²) >= 11 is 0. The van der Waals surface area contributed by atoms with Gasteiger partial charge in [0.05, 0.1) is 25.7 Å². The highest BCUT2D eigenvalue weighted by Crippen LogP contribution is 2.40. The van der Waals surface area contributed by atoms with Crippen molar-refractivity contribution in [3.63, 3.8) is 0 Å². The van der Waals surface area contributed by atoms with Gasteiger partial charge in [-0.2, -0.15) is 0 Å². The number of hydrogen-bond donors (Lipinski definition) is 1. The number of pyridine rings is 1. The highest BCUT2D eigenvalue weighted by Gasteiger charge is 2.44. The Bertz CT molecular complexity index is 1090. The van der Waals surface area contributed by atoms with Gasteiger partial charge in [0.2, 0.25) is 11.8 Å². The quantitative estimate of drug-likeness (QED) is 0.452. The molecule has 0 spiro atoms. The Balaban J connectivity index is 1.93. The van der Waals surface area contributed by atoms with Crippen molar-refractivity contribution in [3.05, 3.63) is 59.3 Å². The van der Waals surface area contributed by atoms with E-state index in [4.69, 9.17) is 13.9 Å². The average Bonchev–Trinajstić information content (AvgIpc) is 3.23. The van der Waals surface area contributed by atoms with Gasteiger partial charge in [0.15, 0.2) is 8.32 Å². The average molecular weight is 515 g/mol. The maximum Gasteiger partial charge on any atom is 0.417 e. The van der Waals surface area contributed by atoms with Crippen molar-refractivity contribution in [3.8, 4) is 5.88 Å². The molecule has 0 radical (unpaired) electrons. The molecule has 2 atom stereocenters. The smallest absolute Gasteiger partial charge is 0.417 e. The standard InChI is InChI=1S/C27H38N2O6Si/c1-8-27(32,16-23(30)29-22(18-34-25(29)31)19-12-10-9-11-13-19)21-14-15-28-24(33-5)20(21)17-35-36(6,7)26(2,3)4/h9-15,22,32H,8,16-18H2,1-7H3/t22-,27+/m0/s1. The maximum atomic E-state index is 13.5. The number of methoxy groups -OCH3 is 1. The van der Waals surface area contributed by atoms with Gasteiger partial charge >= 0.3 is 6.09 Å². The Labute approximate surface area is 214 Å². The predicted molar refractivity (Wildman–Crippen MR) is 139 cm³/mol. The molecule has 2 amide bonds. The molecule has 9 heteroatoms. The first-order valence-corrected chi connectivity index (χ1v) is 15.2. The van der Waals surface area contributed by atoms with E-state index in [-0.39, 0.29) is 31.1 Å². The molecule has 0 bridgehead atoms. The summed E-state index contributed by atoms with van der Waals surface area (Å²) in [5.74, 6) is -0.170. The lowest BCUT2D eigenvalue weighted by molar-refractivity contribution is -0.135. The third kappa shape index (κ3) is 5.63. The van der Waals surface area contributed by atoms with E-state index in [1.54, 1.807) is 19.2 Å². The van der Waals surface area contributed by atoms with Gasteiger partial charge in [0.25, 0.3) is 0 Å². The fraction of sp³-hybridized carbons (Fsp3) is 0.519. The van der Waals surface area contributed by atoms with Crippen molar-refractivity contribution < 1.29 is 28.6 Å². The number of aromatic nitrogens is 1. The SMILES string of the molecule is CC[C@@](O)(CC(=O)N1C(=O)OC[C@H]1c1ccccc1)c1ccnc(OC)c1CO[Si](C)(C)C(C)(C)C. The number of hydrogen-bond acceptors (Lipinski definition) is 7. The van der Waals surface area contributed by atoms with Gasteiger partial charge in [0.1, 0.15) is 12.6 Å². The van der Waals surface area contributed by atoms with Gasteiger partial charge in [-0.1, -0.05) is 58.0 Å². The molecular formula is C27H38N2O6Si. The van der Waals surface area contributed by atoms with Crippen LogP contribution in [0.1, 0.15) is 63.3 Å². The van der Waals surface area contributed by atoms with Crippen LogP contribution >= 0.6 is 0 Å². The second kappa shape index (κ2) is 10.7. The molecule has 1 N–H and O–H groups in total. The first-order chi connectivity index (χ1) is 16.8. The molecule has 2 heterocycles. The molecular weight excluding hydrogens is 476 g/mol. The van der Waals surface area contributed by atoms with Crippen molar-refractivity contribution in [1.82, 2.24) is 9.88 Å². The van der Waals surface area contributed by atoms with Crippen LogP contribution in [0.15, 0.2) is 42.6 Å². The minimum Gasteiger partial charge on any atom is -0.481 e. The Kier molecular flexibility index (Phi) is 8.27. The Morgan fingerprint density at radius 3 is 2.47 bits per heavy atom. The Morgan fingerprint density at radius 1 is 1.22 bits per heavy atom. The highest BCUT2D eigenvalue weighted by molar-refractivity contribution is 6.74. The molecule has 1 aromatic carbocycles. The van der Waals surface area contributed by atoms with E-state index in [2.05, 4.69) is 38.8 Å². The number of carbonyl (C=O) groups is 2. The zero-order chi connectivity index (χ0) is 26.7. The van der Waals surface area contributed by atoms with Crippen LogP contribution in [0.5, 0.6) is 5.88 Å². The molecule has 0 saturated carbocycles. The van der Waals surface area contributed by atoms with E-state index in [0.717, 1.165) is 10.5 Å². The van der Waals surface area contributed by atoms with Crippen LogP contribution in [0.25, 0.3) is 0 Å². The largest absolute Gasteiger partial charge is 0.481 e. The summed E-state index contributed by atoms with van der Waals surface area (Å²) in [5, 5.41) is 11.8. The number of carbonyl (C=O) groups excluding carboxylic acids is 2. The van der Waals surface area contributed by atoms with Crippen molar-refractivity contribution in [2.45, 2.75) is 76.9 Å². The fourth-order valence-electron chi connectivity index (χ4n) is 4.06. The fourth-order valence-corrected chi connectivity index (χ4v) is 5.00. The lowest BCUT2D eigenvalue weighted by atomic mass is 9.85. The van der Waals surface area contributed by atoms with Crippen LogP contribution in [0.2, 0.25) is 18.1 Å². The highest BCUT2D eigenvalue weighted by atomic mass is 28.4. The van der Waals surface area contributed by atoms with Gasteiger partial charge in [-0.25, -0.2) is 14.7 Å². The molecule has 1 saturated heterocycles.